The molecule has 0 bridgehead atoms. The summed E-state index contributed by atoms with van der Waals surface area (Å²) < 4.78 is 2.35. The lowest BCUT2D eigenvalue weighted by atomic mass is 10.2. The van der Waals surface area contributed by atoms with E-state index < -0.39 is 5.69 Å². The van der Waals surface area contributed by atoms with Gasteiger partial charge in [-0.2, -0.15) is 0 Å². The molecule has 0 saturated carbocycles. The van der Waals surface area contributed by atoms with Gasteiger partial charge in [-0.25, -0.2) is 13.9 Å². The smallest absolute Gasteiger partial charge is 0.350 e. The fraction of sp³-hybridized carbons (Fsp3) is 0.143. The van der Waals surface area contributed by atoms with Crippen molar-refractivity contribution in [1.82, 2.24) is 19.5 Å². The van der Waals surface area contributed by atoms with Crippen molar-refractivity contribution in [1.29, 1.82) is 0 Å². The van der Waals surface area contributed by atoms with Gasteiger partial charge >= 0.3 is 5.69 Å². The summed E-state index contributed by atoms with van der Waals surface area (Å²) in [6.45, 7) is 2.14. The number of amides is 2. The number of anilines is 1. The van der Waals surface area contributed by atoms with E-state index in [-0.39, 0.29) is 18.4 Å². The van der Waals surface area contributed by atoms with E-state index in [1.165, 1.54) is 10.6 Å². The summed E-state index contributed by atoms with van der Waals surface area (Å²) in [7, 11) is 0. The Kier molecular flexibility index (Phi) is 5.44. The van der Waals surface area contributed by atoms with E-state index >= 15 is 0 Å². The molecule has 2 amide bonds. The summed E-state index contributed by atoms with van der Waals surface area (Å²) >= 11 is 1.54. The number of carbonyl (C=O) groups excluding carboxylic acids is 2. The van der Waals surface area contributed by atoms with Crippen LogP contribution in [0.5, 0.6) is 0 Å². The number of pyridine rings is 1. The zero-order valence-electron chi connectivity index (χ0n) is 16.2. The molecule has 0 fully saturated rings. The predicted molar refractivity (Wildman–Crippen MR) is 115 cm³/mol. The highest BCUT2D eigenvalue weighted by atomic mass is 32.1. The molecule has 0 radical (unpaired) electrons. The van der Waals surface area contributed by atoms with Crippen LogP contribution in [0.25, 0.3) is 5.65 Å². The zero-order chi connectivity index (χ0) is 21.1. The highest BCUT2D eigenvalue weighted by molar-refractivity contribution is 7.09. The molecule has 0 aliphatic heterocycles. The predicted octanol–water partition coefficient (Wildman–Crippen LogP) is 2.43. The molecule has 152 valence electrons. The number of nitrogens with one attached hydrogen (secondary N) is 2. The van der Waals surface area contributed by atoms with Crippen LogP contribution >= 0.6 is 11.3 Å². The second-order valence-corrected chi connectivity index (χ2v) is 7.80. The van der Waals surface area contributed by atoms with Gasteiger partial charge in [0, 0.05) is 16.8 Å². The van der Waals surface area contributed by atoms with Gasteiger partial charge in [0.15, 0.2) is 5.65 Å². The highest BCUT2D eigenvalue weighted by Crippen LogP contribution is 2.12. The lowest BCUT2D eigenvalue weighted by Crippen LogP contribution is -2.32. The normalized spacial score (nSPS) is 10.8. The molecule has 2 N–H and O–H groups in total. The van der Waals surface area contributed by atoms with Crippen molar-refractivity contribution in [3.05, 3.63) is 86.6 Å². The summed E-state index contributed by atoms with van der Waals surface area (Å²) in [5, 5.41) is 11.7. The van der Waals surface area contributed by atoms with E-state index in [1.807, 2.05) is 42.6 Å². The Balaban J connectivity index is 1.49. The average molecular weight is 421 g/mol. The number of carbonyl (C=O) groups is 2. The standard InChI is InChI=1S/C21H19N5O3S/c1-14-4-2-5-16(10-14)23-20(28)15-7-8-18-24-26(21(29)25(18)12-15)13-19(27)22-11-17-6-3-9-30-17/h2-10,12H,11,13H2,1H3,(H,22,27)(H,23,28). The van der Waals surface area contributed by atoms with Crippen LogP contribution in [0.2, 0.25) is 0 Å². The van der Waals surface area contributed by atoms with Crippen molar-refractivity contribution in [2.24, 2.45) is 0 Å². The van der Waals surface area contributed by atoms with E-state index in [1.54, 1.807) is 29.5 Å². The second kappa shape index (κ2) is 8.34. The third-order valence-corrected chi connectivity index (χ3v) is 5.32. The van der Waals surface area contributed by atoms with Crippen molar-refractivity contribution >= 4 is 34.5 Å². The molecule has 1 aromatic carbocycles. The van der Waals surface area contributed by atoms with E-state index in [2.05, 4.69) is 15.7 Å². The van der Waals surface area contributed by atoms with Gasteiger partial charge in [0.25, 0.3) is 5.91 Å². The first-order valence-electron chi connectivity index (χ1n) is 9.26. The van der Waals surface area contributed by atoms with E-state index in [0.717, 1.165) is 15.1 Å². The second-order valence-electron chi connectivity index (χ2n) is 6.77. The summed E-state index contributed by atoms with van der Waals surface area (Å²) in [5.74, 6) is -0.651. The first-order chi connectivity index (χ1) is 14.5. The molecule has 0 unspecified atom stereocenters. The molecule has 0 saturated heterocycles. The first-order valence-corrected chi connectivity index (χ1v) is 10.1. The van der Waals surface area contributed by atoms with Crippen molar-refractivity contribution in [3.8, 4) is 0 Å². The van der Waals surface area contributed by atoms with Gasteiger partial charge in [-0.1, -0.05) is 18.2 Å². The van der Waals surface area contributed by atoms with Gasteiger partial charge in [-0.3, -0.25) is 9.59 Å². The topological polar surface area (TPSA) is 97.5 Å². The van der Waals surface area contributed by atoms with E-state index in [9.17, 15) is 14.4 Å². The Morgan fingerprint density at radius 2 is 2.00 bits per heavy atom. The van der Waals surface area contributed by atoms with Gasteiger partial charge in [-0.05, 0) is 48.2 Å². The Bertz CT molecular complexity index is 1270. The number of aromatic nitrogens is 3. The minimum atomic E-state index is -0.485. The van der Waals surface area contributed by atoms with Crippen LogP contribution in [0.4, 0.5) is 5.69 Å². The Morgan fingerprint density at radius 1 is 1.13 bits per heavy atom. The average Bonchev–Trinajstić information content (AvgIpc) is 3.35. The molecule has 0 aliphatic carbocycles. The number of rotatable bonds is 6. The van der Waals surface area contributed by atoms with Gasteiger partial charge in [0.1, 0.15) is 6.54 Å². The molecular weight excluding hydrogens is 402 g/mol. The van der Waals surface area contributed by atoms with Gasteiger partial charge in [0.05, 0.1) is 12.1 Å². The largest absolute Gasteiger partial charge is 0.350 e. The zero-order valence-corrected chi connectivity index (χ0v) is 17.0. The number of benzene rings is 1. The third kappa shape index (κ3) is 4.31. The molecular formula is C21H19N5O3S. The fourth-order valence-electron chi connectivity index (χ4n) is 2.97. The van der Waals surface area contributed by atoms with Crippen LogP contribution in [0.1, 0.15) is 20.8 Å². The number of hydrogen-bond acceptors (Lipinski definition) is 5. The Labute approximate surface area is 175 Å². The fourth-order valence-corrected chi connectivity index (χ4v) is 3.62. The number of aryl methyl sites for hydroxylation is 1. The van der Waals surface area contributed by atoms with E-state index in [0.29, 0.717) is 23.4 Å². The van der Waals surface area contributed by atoms with Gasteiger partial charge < -0.3 is 10.6 Å². The quantitative estimate of drug-likeness (QED) is 0.500. The van der Waals surface area contributed by atoms with Crippen LogP contribution in [-0.4, -0.2) is 26.0 Å². The molecule has 8 nitrogen and oxygen atoms in total. The molecule has 3 heterocycles. The number of hydrogen-bond donors (Lipinski definition) is 2. The lowest BCUT2D eigenvalue weighted by molar-refractivity contribution is -0.122. The molecule has 4 aromatic rings. The Hall–Kier alpha value is -3.72. The van der Waals surface area contributed by atoms with Crippen LogP contribution in [0.15, 0.2) is 64.9 Å². The lowest BCUT2D eigenvalue weighted by Gasteiger charge is -2.06. The summed E-state index contributed by atoms with van der Waals surface area (Å²) in [5.41, 5.74) is 1.89. The molecule has 0 spiro atoms. The summed E-state index contributed by atoms with van der Waals surface area (Å²) in [6, 6.07) is 14.4. The number of thiophene rings is 1. The van der Waals surface area contributed by atoms with Crippen molar-refractivity contribution < 1.29 is 9.59 Å². The Morgan fingerprint density at radius 3 is 2.77 bits per heavy atom. The molecule has 4 rings (SSSR count). The molecule has 3 aromatic heterocycles. The van der Waals surface area contributed by atoms with Gasteiger partial charge in [0.2, 0.25) is 5.91 Å². The highest BCUT2D eigenvalue weighted by Gasteiger charge is 2.14. The van der Waals surface area contributed by atoms with Crippen molar-refractivity contribution in [3.63, 3.8) is 0 Å². The third-order valence-electron chi connectivity index (χ3n) is 4.45. The first kappa shape index (κ1) is 19.6. The summed E-state index contributed by atoms with van der Waals surface area (Å²) in [4.78, 5) is 38.4. The van der Waals surface area contributed by atoms with Gasteiger partial charge in [-0.15, -0.1) is 16.4 Å². The summed E-state index contributed by atoms with van der Waals surface area (Å²) in [6.07, 6.45) is 1.43. The van der Waals surface area contributed by atoms with Crippen molar-refractivity contribution in [2.45, 2.75) is 20.0 Å². The number of fused-ring (bicyclic) bond motifs is 1. The maximum atomic E-state index is 12.6. The minimum absolute atomic E-state index is 0.198. The monoisotopic (exact) mass is 421 g/mol. The van der Waals surface area contributed by atoms with Crippen LogP contribution in [0, 0.1) is 6.92 Å². The van der Waals surface area contributed by atoms with E-state index in [4.69, 9.17) is 0 Å². The SMILES string of the molecule is Cc1cccc(NC(=O)c2ccc3nn(CC(=O)NCc4cccs4)c(=O)n3c2)c1. The van der Waals surface area contributed by atoms with Crippen LogP contribution in [0.3, 0.4) is 0 Å². The molecule has 0 aliphatic rings. The maximum absolute atomic E-state index is 12.6. The maximum Gasteiger partial charge on any atom is 0.350 e. The van der Waals surface area contributed by atoms with Crippen LogP contribution < -0.4 is 16.3 Å². The molecule has 30 heavy (non-hydrogen) atoms. The van der Waals surface area contributed by atoms with Crippen molar-refractivity contribution in [2.75, 3.05) is 5.32 Å². The molecule has 9 heteroatoms. The minimum Gasteiger partial charge on any atom is -0.350 e. The number of nitrogens with zero attached hydrogens (tertiary/aromatic N) is 3. The van der Waals surface area contributed by atoms with Crippen LogP contribution in [-0.2, 0) is 17.9 Å². The molecule has 0 atom stereocenters.